The van der Waals surface area contributed by atoms with E-state index < -0.39 is 18.5 Å². The summed E-state index contributed by atoms with van der Waals surface area (Å²) >= 11 is 3.10. The van der Waals surface area contributed by atoms with Gasteiger partial charge in [0.1, 0.15) is 4.34 Å². The number of likely N-dealkylation sites (N-methyl/N-ethyl adjacent to an activating group) is 1. The summed E-state index contributed by atoms with van der Waals surface area (Å²) in [7, 11) is 3.19. The quantitative estimate of drug-likeness (QED) is 0.533. The number of carbonyl (C=O) groups excluding carboxylic acids is 3. The zero-order valence-electron chi connectivity index (χ0n) is 15.4. The molecule has 144 valence electrons. The van der Waals surface area contributed by atoms with Crippen LogP contribution < -0.4 is 5.32 Å². The second-order valence-corrected chi connectivity index (χ2v) is 7.92. The lowest BCUT2D eigenvalue weighted by atomic mass is 10.1. The van der Waals surface area contributed by atoms with E-state index in [0.717, 1.165) is 15.6 Å². The zero-order chi connectivity index (χ0) is 19.8. The standard InChI is InChI=1S/C18H21N3O4S2/c1-12-10-26-18(20-12)27-11-13-6-4-5-7-14(13)17(24)25-9-15(22)19-8-16(23)21(2)3/h4-7,10H,8-9,11H2,1-3H3,(H,19,22). The van der Waals surface area contributed by atoms with Gasteiger partial charge >= 0.3 is 5.97 Å². The van der Waals surface area contributed by atoms with Crippen molar-refractivity contribution in [2.45, 2.75) is 17.0 Å². The molecule has 1 aromatic carbocycles. The van der Waals surface area contributed by atoms with Crippen LogP contribution >= 0.6 is 23.1 Å². The molecule has 0 radical (unpaired) electrons. The number of amides is 2. The van der Waals surface area contributed by atoms with E-state index in [1.54, 1.807) is 49.3 Å². The Morgan fingerprint density at radius 3 is 2.67 bits per heavy atom. The highest BCUT2D eigenvalue weighted by molar-refractivity contribution is 8.00. The molecule has 0 atom stereocenters. The molecule has 0 bridgehead atoms. The molecule has 0 saturated heterocycles. The summed E-state index contributed by atoms with van der Waals surface area (Å²) in [5, 5.41) is 4.39. The highest BCUT2D eigenvalue weighted by atomic mass is 32.2. The van der Waals surface area contributed by atoms with E-state index in [1.165, 1.54) is 4.90 Å². The number of aryl methyl sites for hydroxylation is 1. The van der Waals surface area contributed by atoms with Crippen molar-refractivity contribution < 1.29 is 19.1 Å². The van der Waals surface area contributed by atoms with Crippen LogP contribution in [0.1, 0.15) is 21.6 Å². The van der Waals surface area contributed by atoms with Gasteiger partial charge in [-0.3, -0.25) is 9.59 Å². The van der Waals surface area contributed by atoms with Gasteiger partial charge in [-0.2, -0.15) is 0 Å². The first-order chi connectivity index (χ1) is 12.9. The number of rotatable bonds is 8. The van der Waals surface area contributed by atoms with Crippen LogP contribution in [0.15, 0.2) is 34.0 Å². The third-order valence-electron chi connectivity index (χ3n) is 3.46. The molecule has 0 fully saturated rings. The van der Waals surface area contributed by atoms with Crippen LogP contribution in [0.3, 0.4) is 0 Å². The molecular weight excluding hydrogens is 386 g/mol. The van der Waals surface area contributed by atoms with Gasteiger partial charge in [0.05, 0.1) is 12.1 Å². The lowest BCUT2D eigenvalue weighted by Gasteiger charge is -2.11. The average molecular weight is 408 g/mol. The molecule has 1 aromatic heterocycles. The van der Waals surface area contributed by atoms with E-state index in [9.17, 15) is 14.4 Å². The maximum absolute atomic E-state index is 12.3. The van der Waals surface area contributed by atoms with Crippen molar-refractivity contribution in [2.24, 2.45) is 0 Å². The molecule has 9 heteroatoms. The third kappa shape index (κ3) is 6.69. The molecule has 1 N–H and O–H groups in total. The lowest BCUT2D eigenvalue weighted by molar-refractivity contribution is -0.131. The predicted octanol–water partition coefficient (Wildman–Crippen LogP) is 2.11. The summed E-state index contributed by atoms with van der Waals surface area (Å²) in [6, 6.07) is 7.10. The maximum atomic E-state index is 12.3. The van der Waals surface area contributed by atoms with Crippen LogP contribution in [0.4, 0.5) is 0 Å². The summed E-state index contributed by atoms with van der Waals surface area (Å²) in [4.78, 5) is 41.3. The van der Waals surface area contributed by atoms with Gasteiger partial charge in [0.25, 0.3) is 5.91 Å². The number of benzene rings is 1. The van der Waals surface area contributed by atoms with E-state index in [1.807, 2.05) is 24.4 Å². The minimum atomic E-state index is -0.574. The lowest BCUT2D eigenvalue weighted by Crippen LogP contribution is -2.38. The Kier molecular flexibility index (Phi) is 7.81. The van der Waals surface area contributed by atoms with E-state index in [-0.39, 0.29) is 12.5 Å². The van der Waals surface area contributed by atoms with Gasteiger partial charge in [-0.1, -0.05) is 30.0 Å². The van der Waals surface area contributed by atoms with Crippen molar-refractivity contribution in [3.05, 3.63) is 46.5 Å². The zero-order valence-corrected chi connectivity index (χ0v) is 17.0. The number of thiazole rings is 1. The summed E-state index contributed by atoms with van der Waals surface area (Å²) < 4.78 is 6.01. The number of esters is 1. The topological polar surface area (TPSA) is 88.6 Å². The Hall–Kier alpha value is -2.39. The fraction of sp³-hybridized carbons (Fsp3) is 0.333. The van der Waals surface area contributed by atoms with Gasteiger partial charge in [0, 0.05) is 30.9 Å². The van der Waals surface area contributed by atoms with E-state index in [2.05, 4.69) is 10.3 Å². The summed E-state index contributed by atoms with van der Waals surface area (Å²) in [5.74, 6) is -0.768. The molecule has 0 aliphatic carbocycles. The second kappa shape index (κ2) is 10.1. The number of carbonyl (C=O) groups is 3. The number of ether oxygens (including phenoxy) is 1. The van der Waals surface area contributed by atoms with Gasteiger partial charge in [0.15, 0.2) is 6.61 Å². The third-order valence-corrected chi connectivity index (χ3v) is 5.64. The smallest absolute Gasteiger partial charge is 0.338 e. The second-order valence-electron chi connectivity index (χ2n) is 5.84. The number of hydrogen-bond acceptors (Lipinski definition) is 7. The summed E-state index contributed by atoms with van der Waals surface area (Å²) in [6.45, 7) is 1.36. The number of nitrogens with zero attached hydrogens (tertiary/aromatic N) is 2. The Labute approximate surface area is 166 Å². The molecule has 7 nitrogen and oxygen atoms in total. The summed E-state index contributed by atoms with van der Waals surface area (Å²) in [5.41, 5.74) is 2.19. The first kappa shape index (κ1) is 20.9. The van der Waals surface area contributed by atoms with Crippen molar-refractivity contribution in [2.75, 3.05) is 27.2 Å². The Bertz CT molecular complexity index is 820. The number of aromatic nitrogens is 1. The largest absolute Gasteiger partial charge is 0.452 e. The Balaban J connectivity index is 1.88. The first-order valence-electron chi connectivity index (χ1n) is 8.13. The fourth-order valence-electron chi connectivity index (χ4n) is 1.98. The average Bonchev–Trinajstić information content (AvgIpc) is 3.07. The molecule has 0 aliphatic rings. The molecular formula is C18H21N3O4S2. The van der Waals surface area contributed by atoms with E-state index in [0.29, 0.717) is 11.3 Å². The van der Waals surface area contributed by atoms with Crippen molar-refractivity contribution >= 4 is 40.9 Å². The van der Waals surface area contributed by atoms with Crippen LogP contribution in [0.25, 0.3) is 0 Å². The van der Waals surface area contributed by atoms with Crippen molar-refractivity contribution in [1.82, 2.24) is 15.2 Å². The molecule has 0 saturated carbocycles. The minimum Gasteiger partial charge on any atom is -0.452 e. The van der Waals surface area contributed by atoms with Crippen LogP contribution in [0.2, 0.25) is 0 Å². The van der Waals surface area contributed by atoms with Gasteiger partial charge in [-0.15, -0.1) is 11.3 Å². The van der Waals surface area contributed by atoms with E-state index in [4.69, 9.17) is 4.74 Å². The maximum Gasteiger partial charge on any atom is 0.338 e. The normalized spacial score (nSPS) is 10.3. The van der Waals surface area contributed by atoms with Gasteiger partial charge in [-0.05, 0) is 18.6 Å². The predicted molar refractivity (Wildman–Crippen MR) is 105 cm³/mol. The van der Waals surface area contributed by atoms with Crippen molar-refractivity contribution in [3.8, 4) is 0 Å². The molecule has 1 heterocycles. The number of nitrogens with one attached hydrogen (secondary N) is 1. The van der Waals surface area contributed by atoms with Crippen LogP contribution in [0, 0.1) is 6.92 Å². The van der Waals surface area contributed by atoms with Gasteiger partial charge in [0.2, 0.25) is 5.91 Å². The SMILES string of the molecule is Cc1csc(SCc2ccccc2C(=O)OCC(=O)NCC(=O)N(C)C)n1. The minimum absolute atomic E-state index is 0.135. The monoisotopic (exact) mass is 407 g/mol. The fourth-order valence-corrected chi connectivity index (χ4v) is 3.83. The molecule has 0 unspecified atom stereocenters. The Morgan fingerprint density at radius 1 is 1.26 bits per heavy atom. The highest BCUT2D eigenvalue weighted by Gasteiger charge is 2.15. The molecule has 0 aliphatic heterocycles. The molecule has 0 spiro atoms. The first-order valence-corrected chi connectivity index (χ1v) is 10.00. The number of thioether (sulfide) groups is 1. The van der Waals surface area contributed by atoms with Crippen LogP contribution in [-0.2, 0) is 20.1 Å². The van der Waals surface area contributed by atoms with Crippen LogP contribution in [-0.4, -0.2) is 54.9 Å². The Morgan fingerprint density at radius 2 is 2.00 bits per heavy atom. The molecule has 2 amide bonds. The number of hydrogen-bond donors (Lipinski definition) is 1. The molecule has 2 aromatic rings. The molecule has 27 heavy (non-hydrogen) atoms. The van der Waals surface area contributed by atoms with Crippen molar-refractivity contribution in [1.29, 1.82) is 0 Å². The van der Waals surface area contributed by atoms with Gasteiger partial charge < -0.3 is 15.0 Å². The summed E-state index contributed by atoms with van der Waals surface area (Å²) in [6.07, 6.45) is 0. The van der Waals surface area contributed by atoms with E-state index >= 15 is 0 Å². The van der Waals surface area contributed by atoms with Crippen molar-refractivity contribution in [3.63, 3.8) is 0 Å². The molecule has 2 rings (SSSR count). The van der Waals surface area contributed by atoms with Crippen LogP contribution in [0.5, 0.6) is 0 Å². The highest BCUT2D eigenvalue weighted by Crippen LogP contribution is 2.27. The van der Waals surface area contributed by atoms with Gasteiger partial charge in [-0.25, -0.2) is 9.78 Å².